The highest BCUT2D eigenvalue weighted by atomic mass is 32.2. The third-order valence-corrected chi connectivity index (χ3v) is 6.75. The van der Waals surface area contributed by atoms with E-state index in [1.807, 2.05) is 0 Å². The Morgan fingerprint density at radius 1 is 1.15 bits per heavy atom. The van der Waals surface area contributed by atoms with Crippen LogP contribution in [0.15, 0.2) is 29.4 Å². The molecule has 1 aliphatic rings. The van der Waals surface area contributed by atoms with Gasteiger partial charge in [0.1, 0.15) is 18.7 Å². The fourth-order valence-corrected chi connectivity index (χ4v) is 4.32. The number of piperidine rings is 1. The molecule has 10 heteroatoms. The van der Waals surface area contributed by atoms with Crippen molar-refractivity contribution in [2.75, 3.05) is 25.9 Å². The second-order valence-electron chi connectivity index (χ2n) is 8.25. The fourth-order valence-electron chi connectivity index (χ4n) is 3.69. The van der Waals surface area contributed by atoms with Crippen LogP contribution >= 0.6 is 0 Å². The quantitative estimate of drug-likeness (QED) is 0.355. The van der Waals surface area contributed by atoms with Crippen molar-refractivity contribution in [2.45, 2.75) is 56.4 Å². The van der Waals surface area contributed by atoms with Crippen LogP contribution in [0.1, 0.15) is 44.1 Å². The first-order chi connectivity index (χ1) is 15.8. The van der Waals surface area contributed by atoms with E-state index in [4.69, 9.17) is 9.47 Å². The van der Waals surface area contributed by atoms with Gasteiger partial charge in [-0.2, -0.15) is 0 Å². The maximum absolute atomic E-state index is 14.4. The maximum atomic E-state index is 14.4. The van der Waals surface area contributed by atoms with Gasteiger partial charge in [-0.15, -0.1) is 0 Å². The summed E-state index contributed by atoms with van der Waals surface area (Å²) in [6, 6.07) is 3.48. The number of carbonyl (C=O) groups excluding carboxylic acids is 1. The molecule has 0 saturated carbocycles. The highest BCUT2D eigenvalue weighted by molar-refractivity contribution is 7.90. The van der Waals surface area contributed by atoms with Crippen LogP contribution in [-0.2, 0) is 14.6 Å². The molecule has 180 valence electrons. The van der Waals surface area contributed by atoms with E-state index < -0.39 is 15.7 Å². The second-order valence-corrected chi connectivity index (χ2v) is 10.3. The predicted octanol–water partition coefficient (Wildman–Crippen LogP) is 3.72. The molecule has 1 aromatic carbocycles. The molecule has 1 saturated heterocycles. The van der Waals surface area contributed by atoms with Crippen LogP contribution in [0.25, 0.3) is 0 Å². The summed E-state index contributed by atoms with van der Waals surface area (Å²) in [6.07, 6.45) is 8.79. The molecule has 2 heterocycles. The van der Waals surface area contributed by atoms with Gasteiger partial charge in [0.25, 0.3) is 0 Å². The largest absolute Gasteiger partial charge is 0.474 e. The van der Waals surface area contributed by atoms with Gasteiger partial charge in [0.2, 0.25) is 11.8 Å². The molecule has 0 aliphatic carbocycles. The SMILES string of the molecule is Cc1c(Oc2ccc(S(C)(=O)=O)cc2F)ncnc1OC1CCN(CCCCCC=O)CC1. The Bertz CT molecular complexity index is 1060. The van der Waals surface area contributed by atoms with Crippen molar-refractivity contribution in [3.8, 4) is 17.5 Å². The number of nitrogens with zero attached hydrogens (tertiary/aromatic N) is 3. The molecule has 0 bridgehead atoms. The predicted molar refractivity (Wildman–Crippen MR) is 121 cm³/mol. The molecule has 0 N–H and O–H groups in total. The average molecular weight is 480 g/mol. The molecule has 2 aromatic rings. The van der Waals surface area contributed by atoms with Crippen LogP contribution in [0.2, 0.25) is 0 Å². The maximum Gasteiger partial charge on any atom is 0.229 e. The molecule has 3 rings (SSSR count). The third kappa shape index (κ3) is 7.20. The van der Waals surface area contributed by atoms with E-state index in [1.54, 1.807) is 6.92 Å². The molecule has 0 atom stereocenters. The zero-order valence-electron chi connectivity index (χ0n) is 19.0. The summed E-state index contributed by atoms with van der Waals surface area (Å²) < 4.78 is 49.3. The molecule has 1 aliphatic heterocycles. The van der Waals surface area contributed by atoms with E-state index in [0.717, 1.165) is 70.3 Å². The van der Waals surface area contributed by atoms with Crippen molar-refractivity contribution in [1.29, 1.82) is 0 Å². The van der Waals surface area contributed by atoms with Crippen LogP contribution in [0.5, 0.6) is 17.5 Å². The number of benzene rings is 1. The number of rotatable bonds is 11. The lowest BCUT2D eigenvalue weighted by Crippen LogP contribution is -2.38. The summed E-state index contributed by atoms with van der Waals surface area (Å²) in [5.74, 6) is -0.382. The number of unbranched alkanes of at least 4 members (excludes halogenated alkanes) is 3. The van der Waals surface area contributed by atoms with Crippen molar-refractivity contribution in [2.24, 2.45) is 0 Å². The van der Waals surface area contributed by atoms with E-state index in [9.17, 15) is 17.6 Å². The van der Waals surface area contributed by atoms with Crippen LogP contribution in [0.4, 0.5) is 4.39 Å². The van der Waals surface area contributed by atoms with E-state index >= 15 is 0 Å². The van der Waals surface area contributed by atoms with Gasteiger partial charge in [0.15, 0.2) is 21.4 Å². The number of hydrogen-bond acceptors (Lipinski definition) is 8. The number of ether oxygens (including phenoxy) is 2. The van der Waals surface area contributed by atoms with Gasteiger partial charge < -0.3 is 19.2 Å². The first-order valence-corrected chi connectivity index (χ1v) is 13.0. The lowest BCUT2D eigenvalue weighted by atomic mass is 10.1. The lowest BCUT2D eigenvalue weighted by Gasteiger charge is -2.32. The summed E-state index contributed by atoms with van der Waals surface area (Å²) in [5, 5.41) is 0. The number of aldehydes is 1. The molecule has 33 heavy (non-hydrogen) atoms. The second kappa shape index (κ2) is 11.5. The Kier molecular flexibility index (Phi) is 8.74. The Hall–Kier alpha value is -2.59. The molecule has 8 nitrogen and oxygen atoms in total. The number of sulfone groups is 1. The minimum Gasteiger partial charge on any atom is -0.474 e. The topological polar surface area (TPSA) is 98.7 Å². The van der Waals surface area contributed by atoms with Crippen molar-refractivity contribution < 1.29 is 27.1 Å². The minimum atomic E-state index is -3.52. The summed E-state index contributed by atoms with van der Waals surface area (Å²) in [4.78, 5) is 21.0. The van der Waals surface area contributed by atoms with Crippen molar-refractivity contribution >= 4 is 16.1 Å². The monoisotopic (exact) mass is 479 g/mol. The molecule has 0 amide bonds. The van der Waals surface area contributed by atoms with Gasteiger partial charge in [-0.3, -0.25) is 0 Å². The number of hydrogen-bond donors (Lipinski definition) is 0. The Morgan fingerprint density at radius 3 is 2.55 bits per heavy atom. The van der Waals surface area contributed by atoms with Crippen LogP contribution in [0, 0.1) is 12.7 Å². The average Bonchev–Trinajstić information content (AvgIpc) is 2.78. The third-order valence-electron chi connectivity index (χ3n) is 5.64. The van der Waals surface area contributed by atoms with Crippen molar-refractivity contribution in [1.82, 2.24) is 14.9 Å². The van der Waals surface area contributed by atoms with Crippen LogP contribution in [-0.4, -0.2) is 61.6 Å². The van der Waals surface area contributed by atoms with Gasteiger partial charge in [0.05, 0.1) is 10.5 Å². The highest BCUT2D eigenvalue weighted by Gasteiger charge is 2.22. The smallest absolute Gasteiger partial charge is 0.229 e. The number of aromatic nitrogens is 2. The molecule has 1 aromatic heterocycles. The van der Waals surface area contributed by atoms with Crippen molar-refractivity contribution in [3.63, 3.8) is 0 Å². The van der Waals surface area contributed by atoms with Gasteiger partial charge in [-0.25, -0.2) is 22.8 Å². The zero-order chi connectivity index (χ0) is 23.8. The summed E-state index contributed by atoms with van der Waals surface area (Å²) >= 11 is 0. The minimum absolute atomic E-state index is 0.0172. The number of carbonyl (C=O) groups is 1. The summed E-state index contributed by atoms with van der Waals surface area (Å²) in [6.45, 7) is 4.63. The Balaban J connectivity index is 1.56. The molecule has 0 radical (unpaired) electrons. The van der Waals surface area contributed by atoms with Gasteiger partial charge in [0, 0.05) is 25.8 Å². The van der Waals surface area contributed by atoms with E-state index in [1.165, 1.54) is 18.5 Å². The molecular weight excluding hydrogens is 449 g/mol. The number of halogens is 1. The first kappa shape index (κ1) is 25.0. The lowest BCUT2D eigenvalue weighted by molar-refractivity contribution is -0.107. The molecule has 0 unspecified atom stereocenters. The van der Waals surface area contributed by atoms with Gasteiger partial charge in [-0.05, 0) is 57.4 Å². The van der Waals surface area contributed by atoms with Crippen LogP contribution in [0.3, 0.4) is 0 Å². The fraction of sp³-hybridized carbons (Fsp3) is 0.522. The molecular formula is C23H30FN3O5S. The molecule has 1 fully saturated rings. The van der Waals surface area contributed by atoms with Crippen LogP contribution < -0.4 is 9.47 Å². The first-order valence-electron chi connectivity index (χ1n) is 11.1. The van der Waals surface area contributed by atoms with E-state index in [0.29, 0.717) is 17.9 Å². The normalized spacial score (nSPS) is 15.4. The van der Waals surface area contributed by atoms with Gasteiger partial charge >= 0.3 is 0 Å². The standard InChI is InChI=1S/C23H30FN3O5S/c1-17-22(31-18-9-12-27(13-10-18)11-5-3-4-6-14-28)25-16-26-23(17)32-21-8-7-19(15-20(21)24)33(2,29)30/h7-8,14-16,18H,3-6,9-13H2,1-2H3. The van der Waals surface area contributed by atoms with Crippen molar-refractivity contribution in [3.05, 3.63) is 35.9 Å². The molecule has 0 spiro atoms. The zero-order valence-corrected chi connectivity index (χ0v) is 19.8. The Morgan fingerprint density at radius 2 is 1.88 bits per heavy atom. The summed E-state index contributed by atoms with van der Waals surface area (Å²) in [5.41, 5.74) is 0.543. The number of likely N-dealkylation sites (tertiary alicyclic amines) is 1. The van der Waals surface area contributed by atoms with E-state index in [2.05, 4.69) is 14.9 Å². The Labute approximate surface area is 194 Å². The highest BCUT2D eigenvalue weighted by Crippen LogP contribution is 2.31. The summed E-state index contributed by atoms with van der Waals surface area (Å²) in [7, 11) is -3.52. The van der Waals surface area contributed by atoms with E-state index in [-0.39, 0.29) is 22.6 Å². The van der Waals surface area contributed by atoms with Gasteiger partial charge in [-0.1, -0.05) is 6.42 Å².